The average molecular weight is 466 g/mol. The highest BCUT2D eigenvalue weighted by Crippen LogP contribution is 2.38. The second-order valence-electron chi connectivity index (χ2n) is 9.42. The Bertz CT molecular complexity index is 1480. The van der Waals surface area contributed by atoms with Crippen LogP contribution in [0.15, 0.2) is 121 Å². The van der Waals surface area contributed by atoms with Crippen LogP contribution in [0.3, 0.4) is 0 Å². The molecule has 0 bridgehead atoms. The van der Waals surface area contributed by atoms with E-state index in [9.17, 15) is 0 Å². The molecule has 0 saturated carbocycles. The maximum absolute atomic E-state index is 7.00. The van der Waals surface area contributed by atoms with Crippen molar-refractivity contribution in [2.45, 2.75) is 20.3 Å². The van der Waals surface area contributed by atoms with Crippen LogP contribution < -0.4 is 5.73 Å². The van der Waals surface area contributed by atoms with E-state index in [1.54, 1.807) is 0 Å². The van der Waals surface area contributed by atoms with E-state index in [-0.39, 0.29) is 0 Å². The van der Waals surface area contributed by atoms with Gasteiger partial charge in [0.05, 0.1) is 0 Å². The molecule has 0 aromatic heterocycles. The van der Waals surface area contributed by atoms with Crippen molar-refractivity contribution in [2.24, 2.45) is 0 Å². The summed E-state index contributed by atoms with van der Waals surface area (Å²) in [6.07, 6.45) is 3.12. The summed E-state index contributed by atoms with van der Waals surface area (Å²) in [6, 6.07) is 42.9. The molecule has 36 heavy (non-hydrogen) atoms. The smallest absolute Gasteiger partial charge is 0.0473 e. The van der Waals surface area contributed by atoms with Gasteiger partial charge in [0.2, 0.25) is 0 Å². The highest BCUT2D eigenvalue weighted by atomic mass is 14.6. The Kier molecular flexibility index (Phi) is 6.82. The molecule has 2 N–H and O–H groups in total. The van der Waals surface area contributed by atoms with Gasteiger partial charge in [0.1, 0.15) is 0 Å². The third-order valence-corrected chi connectivity index (χ3v) is 6.71. The lowest BCUT2D eigenvalue weighted by Crippen LogP contribution is -1.99. The Morgan fingerprint density at radius 1 is 0.583 bits per heavy atom. The van der Waals surface area contributed by atoms with Crippen LogP contribution in [-0.4, -0.2) is 0 Å². The van der Waals surface area contributed by atoms with Gasteiger partial charge in [-0.2, -0.15) is 0 Å². The van der Waals surface area contributed by atoms with Gasteiger partial charge in [-0.15, -0.1) is 0 Å². The molecule has 0 atom stereocenters. The zero-order valence-electron chi connectivity index (χ0n) is 20.9. The average Bonchev–Trinajstić information content (AvgIpc) is 2.91. The summed E-state index contributed by atoms with van der Waals surface area (Å²) >= 11 is 0. The van der Waals surface area contributed by atoms with Crippen molar-refractivity contribution in [1.82, 2.24) is 0 Å². The van der Waals surface area contributed by atoms with Crippen LogP contribution in [-0.2, 0) is 6.42 Å². The molecule has 0 aliphatic heterocycles. The molecule has 0 aliphatic carbocycles. The van der Waals surface area contributed by atoms with Crippen molar-refractivity contribution < 1.29 is 0 Å². The van der Waals surface area contributed by atoms with Crippen molar-refractivity contribution in [1.29, 1.82) is 0 Å². The van der Waals surface area contributed by atoms with Crippen LogP contribution in [0.2, 0.25) is 0 Å². The predicted octanol–water partition coefficient (Wildman–Crippen LogP) is 9.00. The first-order valence-corrected chi connectivity index (χ1v) is 12.4. The quantitative estimate of drug-likeness (QED) is 0.196. The van der Waals surface area contributed by atoms with Crippen LogP contribution >= 0.6 is 0 Å². The number of rotatable bonds is 6. The molecule has 0 aliphatic rings. The summed E-state index contributed by atoms with van der Waals surface area (Å²) in [5, 5.41) is 0. The maximum Gasteiger partial charge on any atom is 0.0473 e. The summed E-state index contributed by atoms with van der Waals surface area (Å²) < 4.78 is 0. The van der Waals surface area contributed by atoms with Crippen LogP contribution in [0.4, 0.5) is 5.69 Å². The molecule has 0 spiro atoms. The van der Waals surface area contributed by atoms with E-state index in [1.165, 1.54) is 33.4 Å². The molecule has 0 amide bonds. The fourth-order valence-electron chi connectivity index (χ4n) is 4.64. The van der Waals surface area contributed by atoms with Crippen molar-refractivity contribution in [3.05, 3.63) is 149 Å². The molecule has 1 nitrogen and oxygen atoms in total. The van der Waals surface area contributed by atoms with Crippen LogP contribution in [0.5, 0.6) is 0 Å². The minimum Gasteiger partial charge on any atom is -0.398 e. The topological polar surface area (TPSA) is 26.0 Å². The molecule has 0 radical (unpaired) electrons. The highest BCUT2D eigenvalue weighted by Gasteiger charge is 2.14. The van der Waals surface area contributed by atoms with E-state index in [2.05, 4.69) is 141 Å². The monoisotopic (exact) mass is 465 g/mol. The number of nitrogens with two attached hydrogens (primary N) is 1. The van der Waals surface area contributed by atoms with Gasteiger partial charge >= 0.3 is 0 Å². The molecule has 0 saturated heterocycles. The lowest BCUT2D eigenvalue weighted by Gasteiger charge is -2.17. The van der Waals surface area contributed by atoms with Gasteiger partial charge < -0.3 is 5.73 Å². The second-order valence-corrected chi connectivity index (χ2v) is 9.42. The first-order chi connectivity index (χ1) is 17.6. The molecule has 0 fully saturated rings. The zero-order valence-corrected chi connectivity index (χ0v) is 20.9. The molecule has 176 valence electrons. The Balaban J connectivity index is 1.73. The van der Waals surface area contributed by atoms with Gasteiger partial charge in [-0.05, 0) is 59.7 Å². The van der Waals surface area contributed by atoms with Crippen LogP contribution in [0.25, 0.3) is 33.9 Å². The number of benzene rings is 5. The Labute approximate surface area is 214 Å². The number of nitrogen functional groups attached to an aromatic ring is 1. The Morgan fingerprint density at radius 2 is 1.08 bits per heavy atom. The minimum atomic E-state index is 0.804. The molecular weight excluding hydrogens is 434 g/mol. The second kappa shape index (κ2) is 10.5. The molecule has 5 aromatic carbocycles. The third kappa shape index (κ3) is 5.16. The van der Waals surface area contributed by atoms with Gasteiger partial charge in [-0.1, -0.05) is 132 Å². The van der Waals surface area contributed by atoms with Crippen molar-refractivity contribution >= 4 is 17.3 Å². The zero-order chi connectivity index (χ0) is 24.9. The standard InChI is InChI=1S/C35H31N/c1-25-13-17-29(18-14-25)32-21-22-33(30-19-15-26(2)16-20-30)35(36)34(32)24-31(28-11-7-4-8-12-28)23-27-9-5-3-6-10-27/h3-22,24H,23,36H2,1-2H3/b31-24+. The van der Waals surface area contributed by atoms with Crippen molar-refractivity contribution in [3.8, 4) is 22.3 Å². The van der Waals surface area contributed by atoms with Gasteiger partial charge in [0.15, 0.2) is 0 Å². The fourth-order valence-corrected chi connectivity index (χ4v) is 4.64. The number of hydrogen-bond donors (Lipinski definition) is 1. The predicted molar refractivity (Wildman–Crippen MR) is 156 cm³/mol. The third-order valence-electron chi connectivity index (χ3n) is 6.71. The molecular formula is C35H31N. The normalized spacial score (nSPS) is 11.4. The lowest BCUT2D eigenvalue weighted by atomic mass is 9.89. The summed E-state index contributed by atoms with van der Waals surface area (Å²) in [6.45, 7) is 4.23. The number of aryl methyl sites for hydroxylation is 2. The van der Waals surface area contributed by atoms with Crippen molar-refractivity contribution in [3.63, 3.8) is 0 Å². The van der Waals surface area contributed by atoms with Gasteiger partial charge in [-0.25, -0.2) is 0 Å². The number of allylic oxidation sites excluding steroid dienone is 1. The lowest BCUT2D eigenvalue weighted by molar-refractivity contribution is 1.29. The Morgan fingerprint density at radius 3 is 1.67 bits per heavy atom. The molecule has 1 heteroatoms. The van der Waals surface area contributed by atoms with Crippen molar-refractivity contribution in [2.75, 3.05) is 5.73 Å². The molecule has 5 aromatic rings. The summed E-state index contributed by atoms with van der Waals surface area (Å²) in [5.74, 6) is 0. The van der Waals surface area contributed by atoms with Crippen LogP contribution in [0.1, 0.15) is 27.8 Å². The fraction of sp³-hybridized carbons (Fsp3) is 0.0857. The summed E-state index contributed by atoms with van der Waals surface area (Å²) in [5.41, 5.74) is 19.6. The summed E-state index contributed by atoms with van der Waals surface area (Å²) in [4.78, 5) is 0. The highest BCUT2D eigenvalue weighted by molar-refractivity contribution is 5.96. The summed E-state index contributed by atoms with van der Waals surface area (Å²) in [7, 11) is 0. The van der Waals surface area contributed by atoms with Gasteiger partial charge in [-0.3, -0.25) is 0 Å². The molecule has 0 unspecified atom stereocenters. The SMILES string of the molecule is Cc1ccc(-c2ccc(-c3ccc(C)cc3)c(/C=C(\Cc3ccccc3)c3ccccc3)c2N)cc1. The largest absolute Gasteiger partial charge is 0.398 e. The number of hydrogen-bond acceptors (Lipinski definition) is 1. The minimum absolute atomic E-state index is 0.804. The number of anilines is 1. The van der Waals surface area contributed by atoms with Crippen LogP contribution in [0, 0.1) is 13.8 Å². The van der Waals surface area contributed by atoms with Gasteiger partial charge in [0, 0.05) is 16.8 Å². The first-order valence-electron chi connectivity index (χ1n) is 12.4. The molecule has 0 heterocycles. The van der Waals surface area contributed by atoms with E-state index in [0.29, 0.717) is 0 Å². The maximum atomic E-state index is 7.00. The molecule has 5 rings (SSSR count). The van der Waals surface area contributed by atoms with E-state index in [0.717, 1.165) is 34.4 Å². The van der Waals surface area contributed by atoms with Gasteiger partial charge in [0.25, 0.3) is 0 Å². The van der Waals surface area contributed by atoms with E-state index in [1.807, 2.05) is 0 Å². The first kappa shape index (κ1) is 23.4. The van der Waals surface area contributed by atoms with E-state index in [4.69, 9.17) is 5.73 Å². The van der Waals surface area contributed by atoms with E-state index < -0.39 is 0 Å². The van der Waals surface area contributed by atoms with E-state index >= 15 is 0 Å². The Hall–Kier alpha value is -4.36.